The maximum atomic E-state index is 11.5. The van der Waals surface area contributed by atoms with Gasteiger partial charge in [-0.1, -0.05) is 12.1 Å². The summed E-state index contributed by atoms with van der Waals surface area (Å²) in [6.07, 6.45) is 0. The highest BCUT2D eigenvalue weighted by molar-refractivity contribution is 9.10. The molecule has 0 fully saturated rings. The van der Waals surface area contributed by atoms with Crippen LogP contribution < -0.4 is 10.6 Å². The molecule has 0 saturated heterocycles. The Kier molecular flexibility index (Phi) is 5.28. The van der Waals surface area contributed by atoms with Gasteiger partial charge in [0.05, 0.1) is 5.69 Å². The molecule has 0 aliphatic carbocycles. The molecule has 5 heteroatoms. The fraction of sp³-hybridized carbons (Fsp3) is 0.364. The van der Waals surface area contributed by atoms with Crippen LogP contribution in [0, 0.1) is 0 Å². The normalized spacial score (nSPS) is 10.2. The van der Waals surface area contributed by atoms with Crippen LogP contribution in [0.2, 0.25) is 0 Å². The van der Waals surface area contributed by atoms with Gasteiger partial charge < -0.3 is 15.5 Å². The molecular formula is C11H16BrN3O. The van der Waals surface area contributed by atoms with Gasteiger partial charge in [-0.05, 0) is 42.2 Å². The number of rotatable bonds is 4. The summed E-state index contributed by atoms with van der Waals surface area (Å²) in [5.74, 6) is 0. The van der Waals surface area contributed by atoms with E-state index in [-0.39, 0.29) is 6.03 Å². The molecule has 2 amide bonds. The lowest BCUT2D eigenvalue weighted by atomic mass is 10.3. The number of hydrogen-bond donors (Lipinski definition) is 2. The third-order valence-corrected chi connectivity index (χ3v) is 2.66. The molecule has 0 spiro atoms. The predicted molar refractivity (Wildman–Crippen MR) is 69.7 cm³/mol. The van der Waals surface area contributed by atoms with E-state index < -0.39 is 0 Å². The predicted octanol–water partition coefficient (Wildman–Crippen LogP) is 2.13. The van der Waals surface area contributed by atoms with Crippen molar-refractivity contribution in [2.75, 3.05) is 32.5 Å². The number of nitrogens with zero attached hydrogens (tertiary/aromatic N) is 1. The quantitative estimate of drug-likeness (QED) is 0.890. The van der Waals surface area contributed by atoms with Crippen LogP contribution in [-0.4, -0.2) is 38.1 Å². The molecule has 1 rings (SSSR count). The molecule has 0 aromatic heterocycles. The fourth-order valence-corrected chi connectivity index (χ4v) is 1.51. The monoisotopic (exact) mass is 285 g/mol. The van der Waals surface area contributed by atoms with E-state index in [4.69, 9.17) is 0 Å². The minimum atomic E-state index is -0.186. The van der Waals surface area contributed by atoms with E-state index in [1.165, 1.54) is 0 Å². The summed E-state index contributed by atoms with van der Waals surface area (Å²) in [5.41, 5.74) is 0.768. The summed E-state index contributed by atoms with van der Waals surface area (Å²) < 4.78 is 0.873. The van der Waals surface area contributed by atoms with Gasteiger partial charge in [0.25, 0.3) is 0 Å². The molecule has 16 heavy (non-hydrogen) atoms. The average Bonchev–Trinajstić information content (AvgIpc) is 2.21. The van der Waals surface area contributed by atoms with Gasteiger partial charge in [-0.3, -0.25) is 0 Å². The molecule has 0 aliphatic rings. The zero-order chi connectivity index (χ0) is 12.0. The van der Waals surface area contributed by atoms with Crippen molar-refractivity contribution in [3.05, 3.63) is 28.7 Å². The van der Waals surface area contributed by atoms with E-state index in [1.807, 2.05) is 43.3 Å². The molecule has 0 saturated carbocycles. The highest BCUT2D eigenvalue weighted by Crippen LogP contribution is 2.20. The van der Waals surface area contributed by atoms with Crippen LogP contribution >= 0.6 is 15.9 Å². The van der Waals surface area contributed by atoms with E-state index in [0.29, 0.717) is 6.54 Å². The Labute approximate surface area is 104 Å². The first-order valence-electron chi connectivity index (χ1n) is 5.03. The van der Waals surface area contributed by atoms with Crippen LogP contribution in [0.25, 0.3) is 0 Å². The lowest BCUT2D eigenvalue weighted by Crippen LogP contribution is -2.34. The maximum absolute atomic E-state index is 11.5. The summed E-state index contributed by atoms with van der Waals surface area (Å²) in [4.78, 5) is 13.5. The molecule has 0 atom stereocenters. The Morgan fingerprint density at radius 2 is 2.06 bits per heavy atom. The number of amides is 2. The maximum Gasteiger partial charge on any atom is 0.319 e. The van der Waals surface area contributed by atoms with Crippen molar-refractivity contribution in [3.63, 3.8) is 0 Å². The second-order valence-electron chi connectivity index (χ2n) is 3.66. The molecule has 0 unspecified atom stereocenters. The number of halogens is 1. The van der Waals surface area contributed by atoms with Crippen LogP contribution in [0.5, 0.6) is 0 Å². The second-order valence-corrected chi connectivity index (χ2v) is 4.52. The standard InChI is InChI=1S/C11H16BrN3O/c1-15(2)8-7-13-11(16)14-10-6-4-3-5-9(10)12/h3-6H,7-8H2,1-2H3,(H2,13,14,16). The first kappa shape index (κ1) is 13.0. The van der Waals surface area contributed by atoms with Crippen LogP contribution in [-0.2, 0) is 0 Å². The number of hydrogen-bond acceptors (Lipinski definition) is 2. The molecule has 88 valence electrons. The number of urea groups is 1. The van der Waals surface area contributed by atoms with Gasteiger partial charge in [0, 0.05) is 17.6 Å². The minimum absolute atomic E-state index is 0.186. The number of carbonyl (C=O) groups excluding carboxylic acids is 1. The zero-order valence-corrected chi connectivity index (χ0v) is 11.0. The van der Waals surface area contributed by atoms with E-state index in [0.717, 1.165) is 16.7 Å². The van der Waals surface area contributed by atoms with Gasteiger partial charge in [0.2, 0.25) is 0 Å². The topological polar surface area (TPSA) is 44.4 Å². The summed E-state index contributed by atoms with van der Waals surface area (Å²) in [6.45, 7) is 1.45. The first-order chi connectivity index (χ1) is 7.59. The molecule has 2 N–H and O–H groups in total. The van der Waals surface area contributed by atoms with Gasteiger partial charge in [-0.15, -0.1) is 0 Å². The largest absolute Gasteiger partial charge is 0.337 e. The Balaban J connectivity index is 2.37. The number of para-hydroxylation sites is 1. The zero-order valence-electron chi connectivity index (χ0n) is 9.46. The molecule has 0 heterocycles. The molecule has 0 bridgehead atoms. The number of likely N-dealkylation sites (N-methyl/N-ethyl adjacent to an activating group) is 1. The van der Waals surface area contributed by atoms with Crippen molar-refractivity contribution in [2.45, 2.75) is 0 Å². The molecule has 1 aromatic carbocycles. The number of carbonyl (C=O) groups is 1. The number of anilines is 1. The fourth-order valence-electron chi connectivity index (χ4n) is 1.12. The molecule has 0 aliphatic heterocycles. The second kappa shape index (κ2) is 6.50. The lowest BCUT2D eigenvalue weighted by Gasteiger charge is -2.11. The first-order valence-corrected chi connectivity index (χ1v) is 5.83. The highest BCUT2D eigenvalue weighted by atomic mass is 79.9. The van der Waals surface area contributed by atoms with Gasteiger partial charge in [-0.2, -0.15) is 0 Å². The summed E-state index contributed by atoms with van der Waals surface area (Å²) in [7, 11) is 3.93. The Morgan fingerprint density at radius 1 is 1.38 bits per heavy atom. The van der Waals surface area contributed by atoms with Crippen molar-refractivity contribution in [1.82, 2.24) is 10.2 Å². The Morgan fingerprint density at radius 3 is 2.69 bits per heavy atom. The van der Waals surface area contributed by atoms with Crippen molar-refractivity contribution >= 4 is 27.6 Å². The molecule has 1 aromatic rings. The average molecular weight is 286 g/mol. The van der Waals surface area contributed by atoms with Gasteiger partial charge >= 0.3 is 6.03 Å². The van der Waals surface area contributed by atoms with Crippen molar-refractivity contribution in [1.29, 1.82) is 0 Å². The smallest absolute Gasteiger partial charge is 0.319 e. The van der Waals surface area contributed by atoms with E-state index in [9.17, 15) is 4.79 Å². The lowest BCUT2D eigenvalue weighted by molar-refractivity contribution is 0.250. The van der Waals surface area contributed by atoms with E-state index >= 15 is 0 Å². The highest BCUT2D eigenvalue weighted by Gasteiger charge is 2.03. The molecular weight excluding hydrogens is 270 g/mol. The van der Waals surface area contributed by atoms with Gasteiger partial charge in [0.15, 0.2) is 0 Å². The van der Waals surface area contributed by atoms with Crippen LogP contribution in [0.15, 0.2) is 28.7 Å². The molecule has 4 nitrogen and oxygen atoms in total. The SMILES string of the molecule is CN(C)CCNC(=O)Nc1ccccc1Br. The van der Waals surface area contributed by atoms with Crippen LogP contribution in [0.3, 0.4) is 0 Å². The van der Waals surface area contributed by atoms with Crippen molar-refractivity contribution < 1.29 is 4.79 Å². The number of benzene rings is 1. The van der Waals surface area contributed by atoms with Gasteiger partial charge in [-0.25, -0.2) is 4.79 Å². The number of nitrogens with one attached hydrogen (secondary N) is 2. The third kappa shape index (κ3) is 4.63. The Bertz CT molecular complexity index is 355. The molecule has 0 radical (unpaired) electrons. The van der Waals surface area contributed by atoms with Crippen LogP contribution in [0.1, 0.15) is 0 Å². The summed E-state index contributed by atoms with van der Waals surface area (Å²) in [5, 5.41) is 5.55. The van der Waals surface area contributed by atoms with E-state index in [2.05, 4.69) is 26.6 Å². The van der Waals surface area contributed by atoms with Gasteiger partial charge in [0.1, 0.15) is 0 Å². The summed E-state index contributed by atoms with van der Waals surface area (Å²) >= 11 is 3.37. The Hall–Kier alpha value is -1.07. The van der Waals surface area contributed by atoms with Crippen LogP contribution in [0.4, 0.5) is 10.5 Å². The summed E-state index contributed by atoms with van der Waals surface area (Å²) in [6, 6.07) is 7.32. The van der Waals surface area contributed by atoms with E-state index in [1.54, 1.807) is 0 Å². The minimum Gasteiger partial charge on any atom is -0.337 e. The third-order valence-electron chi connectivity index (χ3n) is 1.97. The van der Waals surface area contributed by atoms with Crippen molar-refractivity contribution in [3.8, 4) is 0 Å². The van der Waals surface area contributed by atoms with Crippen molar-refractivity contribution in [2.24, 2.45) is 0 Å².